The van der Waals surface area contributed by atoms with Crippen molar-refractivity contribution >= 4 is 6.09 Å². The van der Waals surface area contributed by atoms with Crippen molar-refractivity contribution in [3.8, 4) is 0 Å². The maximum Gasteiger partial charge on any atom is 0.407 e. The summed E-state index contributed by atoms with van der Waals surface area (Å²) < 4.78 is 4.89. The summed E-state index contributed by atoms with van der Waals surface area (Å²) in [5.74, 6) is 0. The van der Waals surface area contributed by atoms with Gasteiger partial charge in [0.05, 0.1) is 0 Å². The fraction of sp³-hybridized carbons (Fsp3) is 0.200. The summed E-state index contributed by atoms with van der Waals surface area (Å²) in [4.78, 5) is 10.9. The monoisotopic (exact) mass is 178 g/mol. The minimum absolute atomic E-state index is 0.306. The first-order chi connectivity index (χ1) is 6.33. The summed E-state index contributed by atoms with van der Waals surface area (Å²) in [6, 6.07) is 9.54. The highest BCUT2D eigenvalue weighted by Gasteiger charge is 1.98. The van der Waals surface area contributed by atoms with Crippen LogP contribution >= 0.6 is 0 Å². The normalized spacial score (nSPS) is 9.31. The molecule has 0 aliphatic heterocycles. The van der Waals surface area contributed by atoms with Gasteiger partial charge in [-0.15, -0.1) is 0 Å². The van der Waals surface area contributed by atoms with Gasteiger partial charge in [0.25, 0.3) is 0 Å². The van der Waals surface area contributed by atoms with E-state index in [2.05, 4.69) is 5.32 Å². The Hall–Kier alpha value is -1.51. The molecule has 3 heteroatoms. The van der Waals surface area contributed by atoms with E-state index in [-0.39, 0.29) is 0 Å². The second-order valence-electron chi connectivity index (χ2n) is 2.49. The lowest BCUT2D eigenvalue weighted by Crippen LogP contribution is -2.20. The van der Waals surface area contributed by atoms with Gasteiger partial charge in [-0.25, -0.2) is 4.79 Å². The Labute approximate surface area is 77.7 Å². The fourth-order valence-corrected chi connectivity index (χ4v) is 0.883. The van der Waals surface area contributed by atoms with Crippen LogP contribution in [0.2, 0.25) is 0 Å². The lowest BCUT2D eigenvalue weighted by atomic mass is 10.2. The van der Waals surface area contributed by atoms with Crippen LogP contribution in [0.1, 0.15) is 12.5 Å². The fourth-order valence-electron chi connectivity index (χ4n) is 0.883. The van der Waals surface area contributed by atoms with Crippen molar-refractivity contribution < 1.29 is 9.53 Å². The molecule has 0 atom stereocenters. The number of benzene rings is 1. The molecule has 0 bridgehead atoms. The second-order valence-corrected chi connectivity index (χ2v) is 2.49. The Morgan fingerprint density at radius 3 is 2.77 bits per heavy atom. The number of ether oxygens (including phenoxy) is 1. The van der Waals surface area contributed by atoms with Gasteiger partial charge in [-0.3, -0.25) is 0 Å². The van der Waals surface area contributed by atoms with Gasteiger partial charge in [-0.2, -0.15) is 0 Å². The van der Waals surface area contributed by atoms with E-state index in [0.29, 0.717) is 6.61 Å². The van der Waals surface area contributed by atoms with Crippen molar-refractivity contribution in [3.05, 3.63) is 42.4 Å². The Kier molecular flexibility index (Phi) is 3.82. The summed E-state index contributed by atoms with van der Waals surface area (Å²) in [6.45, 7) is 3.57. The Morgan fingerprint density at radius 1 is 1.46 bits per heavy atom. The molecule has 1 aromatic carbocycles. The van der Waals surface area contributed by atoms with E-state index in [9.17, 15) is 4.79 Å². The van der Waals surface area contributed by atoms with Crippen LogP contribution in [0, 0.1) is 6.54 Å². The lowest BCUT2D eigenvalue weighted by Gasteiger charge is -2.04. The number of nitrogens with one attached hydrogen (secondary N) is 1. The molecular formula is C10H12NO2. The van der Waals surface area contributed by atoms with E-state index in [1.807, 2.05) is 30.3 Å². The number of amides is 1. The first-order valence-corrected chi connectivity index (χ1v) is 4.08. The van der Waals surface area contributed by atoms with Gasteiger partial charge >= 0.3 is 6.09 Å². The molecule has 1 amide bonds. The van der Waals surface area contributed by atoms with Crippen LogP contribution in [-0.2, 0) is 11.3 Å². The van der Waals surface area contributed by atoms with Gasteiger partial charge < -0.3 is 10.1 Å². The molecule has 0 saturated heterocycles. The van der Waals surface area contributed by atoms with E-state index in [4.69, 9.17) is 4.74 Å². The minimum Gasteiger partial charge on any atom is -0.445 e. The molecule has 0 fully saturated rings. The van der Waals surface area contributed by atoms with Gasteiger partial charge in [0.2, 0.25) is 0 Å². The molecule has 1 aromatic rings. The van der Waals surface area contributed by atoms with E-state index in [0.717, 1.165) is 5.56 Å². The van der Waals surface area contributed by atoms with Crippen molar-refractivity contribution in [1.82, 2.24) is 5.32 Å². The van der Waals surface area contributed by atoms with Gasteiger partial charge in [0.1, 0.15) is 6.61 Å². The van der Waals surface area contributed by atoms with Gasteiger partial charge in [0, 0.05) is 6.54 Å². The molecule has 69 valence electrons. The molecule has 13 heavy (non-hydrogen) atoms. The third-order valence-electron chi connectivity index (χ3n) is 1.47. The predicted octanol–water partition coefficient (Wildman–Crippen LogP) is 2.09. The van der Waals surface area contributed by atoms with Crippen LogP contribution in [0.15, 0.2) is 30.3 Å². The van der Waals surface area contributed by atoms with Crippen LogP contribution in [0.4, 0.5) is 4.79 Å². The molecule has 0 saturated carbocycles. The largest absolute Gasteiger partial charge is 0.445 e. The highest BCUT2D eigenvalue weighted by molar-refractivity contribution is 5.67. The Morgan fingerprint density at radius 2 is 2.15 bits per heavy atom. The van der Waals surface area contributed by atoms with E-state index in [1.165, 1.54) is 6.54 Å². The average molecular weight is 178 g/mol. The Bertz CT molecular complexity index is 259. The summed E-state index contributed by atoms with van der Waals surface area (Å²) >= 11 is 0. The third-order valence-corrected chi connectivity index (χ3v) is 1.47. The summed E-state index contributed by atoms with van der Waals surface area (Å²) in [5, 5.41) is 2.43. The van der Waals surface area contributed by atoms with Crippen LogP contribution in [0.3, 0.4) is 0 Å². The number of hydrogen-bond donors (Lipinski definition) is 1. The van der Waals surface area contributed by atoms with Crippen molar-refractivity contribution in [2.75, 3.05) is 0 Å². The first kappa shape index (κ1) is 9.58. The maximum atomic E-state index is 10.9. The zero-order valence-corrected chi connectivity index (χ0v) is 7.49. The quantitative estimate of drug-likeness (QED) is 0.769. The molecule has 3 nitrogen and oxygen atoms in total. The first-order valence-electron chi connectivity index (χ1n) is 4.08. The van der Waals surface area contributed by atoms with Gasteiger partial charge in [-0.1, -0.05) is 30.3 Å². The molecule has 0 aliphatic rings. The smallest absolute Gasteiger partial charge is 0.407 e. The predicted molar refractivity (Wildman–Crippen MR) is 49.7 cm³/mol. The molecule has 1 N–H and O–H groups in total. The number of carbonyl (C=O) groups is 1. The van der Waals surface area contributed by atoms with Crippen molar-refractivity contribution in [2.24, 2.45) is 0 Å². The van der Waals surface area contributed by atoms with E-state index >= 15 is 0 Å². The number of carbonyl (C=O) groups excluding carboxylic acids is 1. The standard InChI is InChI=1S/C10H12NO2/c1-2-11-10(12)13-8-9-6-4-3-5-7-9/h2-7H,8H2,1H3,(H,11,12). The topological polar surface area (TPSA) is 38.3 Å². The third kappa shape index (κ3) is 3.60. The minimum atomic E-state index is -0.425. The van der Waals surface area contributed by atoms with Crippen LogP contribution in [0.25, 0.3) is 0 Å². The zero-order valence-electron chi connectivity index (χ0n) is 7.49. The zero-order chi connectivity index (χ0) is 9.52. The van der Waals surface area contributed by atoms with Gasteiger partial charge in [-0.05, 0) is 12.5 Å². The summed E-state index contributed by atoms with van der Waals surface area (Å²) in [5.41, 5.74) is 0.980. The van der Waals surface area contributed by atoms with E-state index in [1.54, 1.807) is 6.92 Å². The van der Waals surface area contributed by atoms with Crippen molar-refractivity contribution in [2.45, 2.75) is 13.5 Å². The van der Waals surface area contributed by atoms with Crippen LogP contribution < -0.4 is 5.32 Å². The van der Waals surface area contributed by atoms with Crippen LogP contribution in [-0.4, -0.2) is 6.09 Å². The molecule has 0 aliphatic carbocycles. The number of hydrogen-bond acceptors (Lipinski definition) is 2. The van der Waals surface area contributed by atoms with Gasteiger partial charge in [0.15, 0.2) is 0 Å². The Balaban J connectivity index is 2.31. The SMILES string of the molecule is C[CH]NC(=O)OCc1ccccc1. The average Bonchev–Trinajstić information content (AvgIpc) is 2.17. The molecule has 1 rings (SSSR count). The second kappa shape index (κ2) is 5.19. The molecule has 0 spiro atoms. The molecule has 0 aromatic heterocycles. The summed E-state index contributed by atoms with van der Waals surface area (Å²) in [6.07, 6.45) is -0.425. The maximum absolute atomic E-state index is 10.9. The number of alkyl carbamates (subject to hydrolysis) is 1. The number of rotatable bonds is 3. The molecule has 0 heterocycles. The van der Waals surface area contributed by atoms with Crippen molar-refractivity contribution in [1.29, 1.82) is 0 Å². The highest BCUT2D eigenvalue weighted by atomic mass is 16.5. The molecule has 0 unspecified atom stereocenters. The summed E-state index contributed by atoms with van der Waals surface area (Å²) in [7, 11) is 0. The van der Waals surface area contributed by atoms with Crippen molar-refractivity contribution in [3.63, 3.8) is 0 Å². The molecular weight excluding hydrogens is 166 g/mol. The molecule has 1 radical (unpaired) electrons. The van der Waals surface area contributed by atoms with E-state index < -0.39 is 6.09 Å². The lowest BCUT2D eigenvalue weighted by molar-refractivity contribution is 0.142. The highest BCUT2D eigenvalue weighted by Crippen LogP contribution is 2.00. The van der Waals surface area contributed by atoms with Crippen LogP contribution in [0.5, 0.6) is 0 Å².